The summed E-state index contributed by atoms with van der Waals surface area (Å²) < 4.78 is 5.13. The highest BCUT2D eigenvalue weighted by Crippen LogP contribution is 2.41. The summed E-state index contributed by atoms with van der Waals surface area (Å²) in [5.41, 5.74) is 1.19. The summed E-state index contributed by atoms with van der Waals surface area (Å²) in [5, 5.41) is 13.8. The molecule has 0 unspecified atom stereocenters. The fourth-order valence-corrected chi connectivity index (χ4v) is 4.15. The molecular formula is C16H25N3O3. The molecule has 0 radical (unpaired) electrons. The zero-order valence-electron chi connectivity index (χ0n) is 13.6. The Balaban J connectivity index is 1.82. The van der Waals surface area contributed by atoms with E-state index in [1.165, 1.54) is 0 Å². The molecule has 1 N–H and O–H groups in total. The molecule has 0 bridgehead atoms. The van der Waals surface area contributed by atoms with Gasteiger partial charge in [0, 0.05) is 24.5 Å². The van der Waals surface area contributed by atoms with Crippen LogP contribution in [-0.2, 0) is 0 Å². The van der Waals surface area contributed by atoms with Gasteiger partial charge in [-0.1, -0.05) is 5.16 Å². The predicted molar refractivity (Wildman–Crippen MR) is 81.7 cm³/mol. The molecule has 0 aromatic carbocycles. The van der Waals surface area contributed by atoms with Gasteiger partial charge < -0.3 is 19.4 Å². The first-order valence-corrected chi connectivity index (χ1v) is 8.02. The number of aromatic nitrogens is 1. The third-order valence-electron chi connectivity index (χ3n) is 5.55. The largest absolute Gasteiger partial charge is 0.396 e. The van der Waals surface area contributed by atoms with Gasteiger partial charge in [0.1, 0.15) is 11.3 Å². The van der Waals surface area contributed by atoms with Crippen molar-refractivity contribution in [3.05, 3.63) is 17.0 Å². The fraction of sp³-hybridized carbons (Fsp3) is 0.750. The standard InChI is InChI=1S/C16H25N3O3/c1-11-14(12(2)22-17-11)15(21)19-8-6-16(10-20)5-4-7-18(3)13(16)9-19/h13,20H,4-10H2,1-3H3/t13-,16-/m1/s1. The molecule has 6 nitrogen and oxygen atoms in total. The normalized spacial score (nSPS) is 29.5. The Kier molecular flexibility index (Phi) is 3.99. The summed E-state index contributed by atoms with van der Waals surface area (Å²) in [7, 11) is 2.10. The Morgan fingerprint density at radius 1 is 1.41 bits per heavy atom. The zero-order chi connectivity index (χ0) is 15.9. The van der Waals surface area contributed by atoms with Crippen LogP contribution in [0.3, 0.4) is 0 Å². The average Bonchev–Trinajstić information content (AvgIpc) is 2.85. The number of hydrogen-bond donors (Lipinski definition) is 1. The van der Waals surface area contributed by atoms with E-state index in [0.29, 0.717) is 30.1 Å². The van der Waals surface area contributed by atoms with Crippen LogP contribution >= 0.6 is 0 Å². The van der Waals surface area contributed by atoms with E-state index >= 15 is 0 Å². The van der Waals surface area contributed by atoms with Crippen molar-refractivity contribution in [1.82, 2.24) is 15.0 Å². The van der Waals surface area contributed by atoms with Crippen LogP contribution in [0.5, 0.6) is 0 Å². The lowest BCUT2D eigenvalue weighted by atomic mass is 9.69. The first kappa shape index (κ1) is 15.5. The number of aliphatic hydroxyl groups excluding tert-OH is 1. The molecule has 22 heavy (non-hydrogen) atoms. The Hall–Kier alpha value is -1.40. The highest BCUT2D eigenvalue weighted by molar-refractivity contribution is 5.96. The minimum atomic E-state index is -0.0531. The number of aryl methyl sites for hydroxylation is 2. The lowest BCUT2D eigenvalue weighted by Gasteiger charge is -2.53. The Morgan fingerprint density at radius 2 is 2.18 bits per heavy atom. The molecule has 1 amide bonds. The molecule has 1 aromatic heterocycles. The highest BCUT2D eigenvalue weighted by atomic mass is 16.5. The van der Waals surface area contributed by atoms with Crippen molar-refractivity contribution in [2.45, 2.75) is 39.2 Å². The van der Waals surface area contributed by atoms with Crippen LogP contribution in [0.25, 0.3) is 0 Å². The van der Waals surface area contributed by atoms with E-state index in [2.05, 4.69) is 17.1 Å². The Morgan fingerprint density at radius 3 is 2.82 bits per heavy atom. The van der Waals surface area contributed by atoms with Gasteiger partial charge in [-0.05, 0) is 46.7 Å². The van der Waals surface area contributed by atoms with Gasteiger partial charge in [0.25, 0.3) is 5.91 Å². The van der Waals surface area contributed by atoms with Gasteiger partial charge in [-0.2, -0.15) is 0 Å². The summed E-state index contributed by atoms with van der Waals surface area (Å²) in [5.74, 6) is 0.584. The SMILES string of the molecule is Cc1noc(C)c1C(=O)N1CC[C@@]2(CO)CCCN(C)[C@@H]2C1. The lowest BCUT2D eigenvalue weighted by molar-refractivity contribution is -0.0601. The van der Waals surface area contributed by atoms with Gasteiger partial charge in [0.05, 0.1) is 12.3 Å². The summed E-state index contributed by atoms with van der Waals surface area (Å²) in [6.07, 6.45) is 3.02. The van der Waals surface area contributed by atoms with Crippen molar-refractivity contribution in [3.63, 3.8) is 0 Å². The van der Waals surface area contributed by atoms with Crippen LogP contribution in [0.1, 0.15) is 41.1 Å². The number of rotatable bonds is 2. The second-order valence-corrected chi connectivity index (χ2v) is 6.82. The number of likely N-dealkylation sites (N-methyl/N-ethyl adjacent to an activating group) is 1. The van der Waals surface area contributed by atoms with Crippen LogP contribution in [0, 0.1) is 19.3 Å². The van der Waals surface area contributed by atoms with Crippen molar-refractivity contribution < 1.29 is 14.4 Å². The first-order valence-electron chi connectivity index (χ1n) is 8.02. The monoisotopic (exact) mass is 307 g/mol. The van der Waals surface area contributed by atoms with Crippen LogP contribution < -0.4 is 0 Å². The average molecular weight is 307 g/mol. The maximum atomic E-state index is 12.8. The number of carbonyl (C=O) groups excluding carboxylic acids is 1. The van der Waals surface area contributed by atoms with Gasteiger partial charge >= 0.3 is 0 Å². The molecule has 122 valence electrons. The maximum absolute atomic E-state index is 12.8. The van der Waals surface area contributed by atoms with E-state index in [1.807, 2.05) is 4.90 Å². The third-order valence-corrected chi connectivity index (χ3v) is 5.55. The van der Waals surface area contributed by atoms with E-state index < -0.39 is 0 Å². The number of hydrogen-bond acceptors (Lipinski definition) is 5. The van der Waals surface area contributed by atoms with E-state index in [0.717, 1.165) is 25.8 Å². The number of aliphatic hydroxyl groups is 1. The van der Waals surface area contributed by atoms with E-state index in [4.69, 9.17) is 4.52 Å². The molecule has 2 saturated heterocycles. The molecular weight excluding hydrogens is 282 g/mol. The van der Waals surface area contributed by atoms with Crippen molar-refractivity contribution in [2.75, 3.05) is 33.3 Å². The maximum Gasteiger partial charge on any atom is 0.259 e. The van der Waals surface area contributed by atoms with E-state index in [1.54, 1.807) is 13.8 Å². The molecule has 0 aliphatic carbocycles. The van der Waals surface area contributed by atoms with Gasteiger partial charge in [0.15, 0.2) is 0 Å². The Bertz CT molecular complexity index is 551. The van der Waals surface area contributed by atoms with Crippen LogP contribution in [0.4, 0.5) is 0 Å². The van der Waals surface area contributed by atoms with Gasteiger partial charge in [-0.15, -0.1) is 0 Å². The van der Waals surface area contributed by atoms with Crippen molar-refractivity contribution >= 4 is 5.91 Å². The molecule has 3 heterocycles. The fourth-order valence-electron chi connectivity index (χ4n) is 4.15. The Labute approximate surface area is 131 Å². The molecule has 1 aromatic rings. The number of carbonyl (C=O) groups is 1. The first-order chi connectivity index (χ1) is 10.5. The third kappa shape index (κ3) is 2.34. The minimum Gasteiger partial charge on any atom is -0.396 e. The van der Waals surface area contributed by atoms with Crippen molar-refractivity contribution in [3.8, 4) is 0 Å². The van der Waals surface area contributed by atoms with Crippen LogP contribution in [0.15, 0.2) is 4.52 Å². The number of fused-ring (bicyclic) bond motifs is 1. The molecule has 6 heteroatoms. The molecule has 2 aliphatic heterocycles. The quantitative estimate of drug-likeness (QED) is 0.889. The second-order valence-electron chi connectivity index (χ2n) is 6.82. The van der Waals surface area contributed by atoms with Gasteiger partial charge in [-0.25, -0.2) is 0 Å². The molecule has 0 saturated carbocycles. The van der Waals surface area contributed by atoms with Crippen molar-refractivity contribution in [2.24, 2.45) is 5.41 Å². The van der Waals surface area contributed by atoms with Crippen LogP contribution in [0.2, 0.25) is 0 Å². The van der Waals surface area contributed by atoms with E-state index in [-0.39, 0.29) is 24.0 Å². The summed E-state index contributed by atoms with van der Waals surface area (Å²) in [4.78, 5) is 17.0. The number of amides is 1. The van der Waals surface area contributed by atoms with Gasteiger partial charge in [-0.3, -0.25) is 4.79 Å². The highest BCUT2D eigenvalue weighted by Gasteiger charge is 2.47. The molecule has 2 aliphatic rings. The number of nitrogens with zero attached hydrogens (tertiary/aromatic N) is 3. The number of likely N-dealkylation sites (tertiary alicyclic amines) is 2. The van der Waals surface area contributed by atoms with Crippen LogP contribution in [-0.4, -0.2) is 65.3 Å². The predicted octanol–water partition coefficient (Wildman–Crippen LogP) is 1.21. The second kappa shape index (κ2) is 5.66. The zero-order valence-corrected chi connectivity index (χ0v) is 13.6. The topological polar surface area (TPSA) is 69.8 Å². The van der Waals surface area contributed by atoms with Crippen molar-refractivity contribution in [1.29, 1.82) is 0 Å². The summed E-state index contributed by atoms with van der Waals surface area (Å²) >= 11 is 0. The van der Waals surface area contributed by atoms with E-state index in [9.17, 15) is 9.90 Å². The van der Waals surface area contributed by atoms with Gasteiger partial charge in [0.2, 0.25) is 0 Å². The summed E-state index contributed by atoms with van der Waals surface area (Å²) in [6.45, 7) is 6.17. The summed E-state index contributed by atoms with van der Waals surface area (Å²) in [6, 6.07) is 0.226. The smallest absolute Gasteiger partial charge is 0.259 e. The minimum absolute atomic E-state index is 0.00163. The number of piperidine rings is 2. The molecule has 0 spiro atoms. The molecule has 3 rings (SSSR count). The molecule has 2 fully saturated rings. The lowest BCUT2D eigenvalue weighted by Crippen LogP contribution is -2.62. The molecule has 2 atom stereocenters.